The number of benzene rings is 2. The van der Waals surface area contributed by atoms with E-state index in [1.165, 1.54) is 39.4 Å². The van der Waals surface area contributed by atoms with E-state index >= 15 is 0 Å². The Morgan fingerprint density at radius 1 is 1.14 bits per heavy atom. The molecule has 2 aromatic rings. The Bertz CT molecular complexity index is 1030. The lowest BCUT2D eigenvalue weighted by Gasteiger charge is -2.15. The number of anilines is 1. The number of carbonyl (C=O) groups excluding carboxylic acids is 1. The average molecular weight is 404 g/mol. The van der Waals surface area contributed by atoms with Crippen LogP contribution in [0.15, 0.2) is 47.4 Å². The first-order chi connectivity index (χ1) is 13.3. The molecule has 0 atom stereocenters. The van der Waals surface area contributed by atoms with E-state index in [-0.39, 0.29) is 17.4 Å². The molecule has 0 fully saturated rings. The first kappa shape index (κ1) is 19.7. The van der Waals surface area contributed by atoms with Crippen LogP contribution in [0.25, 0.3) is 6.08 Å². The molecule has 0 unspecified atom stereocenters. The zero-order chi connectivity index (χ0) is 20.3. The number of rotatable bonds is 6. The van der Waals surface area contributed by atoms with Crippen LogP contribution >= 0.6 is 0 Å². The van der Waals surface area contributed by atoms with E-state index in [9.17, 15) is 13.2 Å². The van der Waals surface area contributed by atoms with Gasteiger partial charge in [0, 0.05) is 25.9 Å². The number of methoxy groups -OCH3 is 1. The van der Waals surface area contributed by atoms with E-state index in [1.807, 2.05) is 0 Å². The molecule has 0 saturated heterocycles. The van der Waals surface area contributed by atoms with Crippen molar-refractivity contribution in [2.24, 2.45) is 0 Å². The molecule has 1 heterocycles. The van der Waals surface area contributed by atoms with E-state index < -0.39 is 15.9 Å². The highest BCUT2D eigenvalue weighted by Gasteiger charge is 2.22. The fourth-order valence-corrected chi connectivity index (χ4v) is 3.60. The molecule has 9 heteroatoms. The van der Waals surface area contributed by atoms with E-state index in [4.69, 9.17) is 14.2 Å². The average Bonchev–Trinajstić information content (AvgIpc) is 3.14. The molecule has 0 aliphatic carbocycles. The van der Waals surface area contributed by atoms with Crippen LogP contribution < -0.4 is 19.5 Å². The molecule has 1 amide bonds. The molecule has 0 radical (unpaired) electrons. The van der Waals surface area contributed by atoms with Crippen LogP contribution in [-0.2, 0) is 14.8 Å². The lowest BCUT2D eigenvalue weighted by molar-refractivity contribution is -0.111. The highest BCUT2D eigenvalue weighted by atomic mass is 32.2. The van der Waals surface area contributed by atoms with Crippen molar-refractivity contribution < 1.29 is 27.4 Å². The van der Waals surface area contributed by atoms with Crippen LogP contribution in [0.4, 0.5) is 5.69 Å². The molecule has 8 nitrogen and oxygen atoms in total. The molecule has 1 aliphatic rings. The highest BCUT2D eigenvalue weighted by Crippen LogP contribution is 2.33. The summed E-state index contributed by atoms with van der Waals surface area (Å²) < 4.78 is 41.7. The second kappa shape index (κ2) is 7.91. The number of hydrogen-bond donors (Lipinski definition) is 1. The van der Waals surface area contributed by atoms with E-state index in [1.54, 1.807) is 30.3 Å². The van der Waals surface area contributed by atoms with Gasteiger partial charge >= 0.3 is 0 Å². The predicted octanol–water partition coefficient (Wildman–Crippen LogP) is 2.33. The number of carbonyl (C=O) groups is 1. The number of sulfonamides is 1. The molecule has 1 N–H and O–H groups in total. The molecule has 148 valence electrons. The molecule has 2 aromatic carbocycles. The third-order valence-corrected chi connectivity index (χ3v) is 5.85. The fourth-order valence-electron chi connectivity index (χ4n) is 2.53. The Hall–Kier alpha value is -3.04. The van der Waals surface area contributed by atoms with Crippen molar-refractivity contribution in [3.8, 4) is 17.2 Å². The van der Waals surface area contributed by atoms with Crippen molar-refractivity contribution in [1.82, 2.24) is 4.31 Å². The normalized spacial score (nSPS) is 13.1. The Labute approximate surface area is 163 Å². The Morgan fingerprint density at radius 2 is 1.89 bits per heavy atom. The van der Waals surface area contributed by atoms with Gasteiger partial charge in [-0.2, -0.15) is 0 Å². The lowest BCUT2D eigenvalue weighted by atomic mass is 10.2. The number of nitrogens with one attached hydrogen (secondary N) is 1. The van der Waals surface area contributed by atoms with Crippen molar-refractivity contribution in [3.05, 3.63) is 48.0 Å². The minimum atomic E-state index is -3.73. The summed E-state index contributed by atoms with van der Waals surface area (Å²) >= 11 is 0. The summed E-state index contributed by atoms with van der Waals surface area (Å²) in [6.45, 7) is 0.179. The third-order valence-electron chi connectivity index (χ3n) is 4.01. The standard InChI is InChI=1S/C19H20N2O6S/c1-21(2)28(23,24)18-11-14(6-8-16(18)25-3)20-19(22)9-5-13-4-7-15-17(10-13)27-12-26-15/h4-11H,12H2,1-3H3,(H,20,22)/b9-5+. The van der Waals surface area contributed by atoms with Crippen LogP contribution in [0.5, 0.6) is 17.2 Å². The molecular weight excluding hydrogens is 384 g/mol. The minimum absolute atomic E-state index is 0.0300. The Kier molecular flexibility index (Phi) is 5.57. The number of nitrogens with zero attached hydrogens (tertiary/aromatic N) is 1. The summed E-state index contributed by atoms with van der Waals surface area (Å²) in [5.41, 5.74) is 1.10. The maximum Gasteiger partial charge on any atom is 0.248 e. The van der Waals surface area contributed by atoms with Crippen LogP contribution in [-0.4, -0.2) is 46.6 Å². The van der Waals surface area contributed by atoms with Crippen molar-refractivity contribution in [2.45, 2.75) is 4.90 Å². The van der Waals surface area contributed by atoms with Crippen LogP contribution in [0.3, 0.4) is 0 Å². The molecule has 28 heavy (non-hydrogen) atoms. The maximum absolute atomic E-state index is 12.5. The second-order valence-electron chi connectivity index (χ2n) is 6.09. The maximum atomic E-state index is 12.5. The summed E-state index contributed by atoms with van der Waals surface area (Å²) in [4.78, 5) is 12.2. The van der Waals surface area contributed by atoms with Gasteiger partial charge in [0.25, 0.3) is 0 Å². The van der Waals surface area contributed by atoms with Gasteiger partial charge in [0.15, 0.2) is 11.5 Å². The number of hydrogen-bond acceptors (Lipinski definition) is 6. The van der Waals surface area contributed by atoms with Gasteiger partial charge in [0.2, 0.25) is 22.7 Å². The molecule has 0 bridgehead atoms. The van der Waals surface area contributed by atoms with Gasteiger partial charge in [0.1, 0.15) is 10.6 Å². The molecule has 0 saturated carbocycles. The van der Waals surface area contributed by atoms with Gasteiger partial charge < -0.3 is 19.5 Å². The van der Waals surface area contributed by atoms with Gasteiger partial charge in [-0.15, -0.1) is 0 Å². The summed E-state index contributed by atoms with van der Waals surface area (Å²) in [5.74, 6) is 1.07. The van der Waals surface area contributed by atoms with Gasteiger partial charge in [-0.05, 0) is 42.0 Å². The van der Waals surface area contributed by atoms with Crippen molar-refractivity contribution in [3.63, 3.8) is 0 Å². The molecule has 1 aliphatic heterocycles. The van der Waals surface area contributed by atoms with Crippen LogP contribution in [0.2, 0.25) is 0 Å². The van der Waals surface area contributed by atoms with E-state index in [0.717, 1.165) is 9.87 Å². The van der Waals surface area contributed by atoms with Crippen LogP contribution in [0, 0.1) is 0 Å². The molecule has 0 spiro atoms. The number of amides is 1. The monoisotopic (exact) mass is 404 g/mol. The largest absolute Gasteiger partial charge is 0.495 e. The number of ether oxygens (including phenoxy) is 3. The van der Waals surface area contributed by atoms with E-state index in [0.29, 0.717) is 17.2 Å². The lowest BCUT2D eigenvalue weighted by Crippen LogP contribution is -2.23. The minimum Gasteiger partial charge on any atom is -0.495 e. The summed E-state index contributed by atoms with van der Waals surface area (Å²) in [7, 11) is 0.509. The Balaban J connectivity index is 1.77. The van der Waals surface area contributed by atoms with Gasteiger partial charge in [-0.3, -0.25) is 4.79 Å². The van der Waals surface area contributed by atoms with Crippen molar-refractivity contribution in [2.75, 3.05) is 33.3 Å². The summed E-state index contributed by atoms with van der Waals surface area (Å²) in [6, 6.07) is 9.75. The molecule has 3 rings (SSSR count). The topological polar surface area (TPSA) is 94.2 Å². The zero-order valence-corrected chi connectivity index (χ0v) is 16.4. The smallest absolute Gasteiger partial charge is 0.248 e. The fraction of sp³-hybridized carbons (Fsp3) is 0.211. The van der Waals surface area contributed by atoms with Gasteiger partial charge in [0.05, 0.1) is 7.11 Å². The first-order valence-corrected chi connectivity index (χ1v) is 9.74. The number of fused-ring (bicyclic) bond motifs is 1. The van der Waals surface area contributed by atoms with Gasteiger partial charge in [-0.25, -0.2) is 12.7 Å². The SMILES string of the molecule is COc1ccc(NC(=O)/C=C/c2ccc3c(c2)OCO3)cc1S(=O)(=O)N(C)C. The highest BCUT2D eigenvalue weighted by molar-refractivity contribution is 7.89. The third kappa shape index (κ3) is 4.10. The van der Waals surface area contributed by atoms with Gasteiger partial charge in [-0.1, -0.05) is 6.07 Å². The molecule has 0 aromatic heterocycles. The first-order valence-electron chi connectivity index (χ1n) is 8.30. The quantitative estimate of drug-likeness (QED) is 0.743. The van der Waals surface area contributed by atoms with Crippen molar-refractivity contribution in [1.29, 1.82) is 0 Å². The Morgan fingerprint density at radius 3 is 2.61 bits per heavy atom. The van der Waals surface area contributed by atoms with Crippen molar-refractivity contribution >= 4 is 27.7 Å². The summed E-state index contributed by atoms with van der Waals surface area (Å²) in [5, 5.41) is 2.65. The molecular formula is C19H20N2O6S. The predicted molar refractivity (Wildman–Crippen MR) is 104 cm³/mol. The second-order valence-corrected chi connectivity index (χ2v) is 8.21. The summed E-state index contributed by atoms with van der Waals surface area (Å²) in [6.07, 6.45) is 2.97. The van der Waals surface area contributed by atoms with Crippen LogP contribution in [0.1, 0.15) is 5.56 Å². The van der Waals surface area contributed by atoms with E-state index in [2.05, 4.69) is 5.32 Å². The zero-order valence-electron chi connectivity index (χ0n) is 15.6.